The van der Waals surface area contributed by atoms with Crippen molar-refractivity contribution in [3.63, 3.8) is 0 Å². The molecule has 0 saturated heterocycles. The molecule has 4 nitrogen and oxygen atoms in total. The lowest BCUT2D eigenvalue weighted by Crippen LogP contribution is -1.88. The molecule has 0 saturated carbocycles. The van der Waals surface area contributed by atoms with Crippen LogP contribution in [-0.2, 0) is 6.42 Å². The summed E-state index contributed by atoms with van der Waals surface area (Å²) < 4.78 is 0. The lowest BCUT2D eigenvalue weighted by molar-refractivity contribution is 1.13. The first kappa shape index (κ1) is 12.8. The number of anilines is 1. The number of rotatable bonds is 5. The van der Waals surface area contributed by atoms with E-state index in [-0.39, 0.29) is 0 Å². The Labute approximate surface area is 112 Å². The summed E-state index contributed by atoms with van der Waals surface area (Å²) in [7, 11) is 0. The van der Waals surface area contributed by atoms with E-state index >= 15 is 0 Å². The first-order valence-corrected chi connectivity index (χ1v) is 6.06. The monoisotopic (exact) mass is 252 g/mol. The van der Waals surface area contributed by atoms with Crippen LogP contribution >= 0.6 is 0 Å². The first-order chi connectivity index (χ1) is 9.38. The fraction of sp³-hybridized carbons (Fsp3) is 0.0667. The second-order valence-electron chi connectivity index (χ2n) is 3.98. The molecule has 0 radical (unpaired) electrons. The van der Waals surface area contributed by atoms with E-state index in [9.17, 15) is 0 Å². The average molecular weight is 252 g/mol. The lowest BCUT2D eigenvalue weighted by Gasteiger charge is -2.00. The van der Waals surface area contributed by atoms with Crippen LogP contribution in [0.4, 0.5) is 11.4 Å². The van der Waals surface area contributed by atoms with Crippen LogP contribution in [0.25, 0.3) is 0 Å². The molecule has 0 bridgehead atoms. The van der Waals surface area contributed by atoms with E-state index in [4.69, 9.17) is 5.73 Å². The van der Waals surface area contributed by atoms with E-state index in [2.05, 4.69) is 15.8 Å². The molecule has 0 atom stereocenters. The highest BCUT2D eigenvalue weighted by atomic mass is 15.4. The Hall–Kier alpha value is -2.62. The van der Waals surface area contributed by atoms with Gasteiger partial charge in [0.05, 0.1) is 11.4 Å². The molecule has 0 amide bonds. The van der Waals surface area contributed by atoms with E-state index in [0.29, 0.717) is 0 Å². The molecule has 0 aliphatic carbocycles. The van der Waals surface area contributed by atoms with Crippen molar-refractivity contribution in [1.29, 1.82) is 0 Å². The fourth-order valence-corrected chi connectivity index (χ4v) is 1.55. The summed E-state index contributed by atoms with van der Waals surface area (Å²) in [6, 6.07) is 17.6. The Morgan fingerprint density at radius 1 is 1.00 bits per heavy atom. The summed E-state index contributed by atoms with van der Waals surface area (Å²) in [6.07, 6.45) is 4.31. The van der Waals surface area contributed by atoms with Gasteiger partial charge in [0, 0.05) is 0 Å². The van der Waals surface area contributed by atoms with Crippen LogP contribution in [0, 0.1) is 0 Å². The van der Waals surface area contributed by atoms with Gasteiger partial charge in [0.2, 0.25) is 0 Å². The SMILES string of the molecule is N/C=C/Cc1ccc(N/N=N/c2ccccc2)cc1. The Balaban J connectivity index is 1.91. The Morgan fingerprint density at radius 2 is 1.74 bits per heavy atom. The van der Waals surface area contributed by atoms with Gasteiger partial charge < -0.3 is 5.73 Å². The molecule has 2 aromatic rings. The maximum atomic E-state index is 5.31. The molecule has 0 spiro atoms. The van der Waals surface area contributed by atoms with Crippen molar-refractivity contribution in [3.8, 4) is 0 Å². The van der Waals surface area contributed by atoms with Crippen LogP contribution in [-0.4, -0.2) is 0 Å². The summed E-state index contributed by atoms with van der Waals surface area (Å²) in [6.45, 7) is 0. The normalized spacial score (nSPS) is 11.2. The van der Waals surface area contributed by atoms with Crippen LogP contribution < -0.4 is 11.2 Å². The van der Waals surface area contributed by atoms with E-state index in [0.717, 1.165) is 17.8 Å². The highest BCUT2D eigenvalue weighted by Gasteiger charge is 1.92. The van der Waals surface area contributed by atoms with E-state index in [1.54, 1.807) is 6.20 Å². The molecule has 96 valence electrons. The highest BCUT2D eigenvalue weighted by Crippen LogP contribution is 2.13. The van der Waals surface area contributed by atoms with Crippen molar-refractivity contribution >= 4 is 11.4 Å². The number of allylic oxidation sites excluding steroid dienone is 1. The molecular formula is C15H16N4. The van der Waals surface area contributed by atoms with Crippen molar-refractivity contribution < 1.29 is 0 Å². The van der Waals surface area contributed by atoms with Crippen LogP contribution in [0.15, 0.2) is 77.2 Å². The fourth-order valence-electron chi connectivity index (χ4n) is 1.55. The van der Waals surface area contributed by atoms with Gasteiger partial charge in [0.1, 0.15) is 0 Å². The minimum atomic E-state index is 0.819. The molecule has 2 rings (SSSR count). The van der Waals surface area contributed by atoms with Crippen LogP contribution in [0.1, 0.15) is 5.56 Å². The predicted octanol–water partition coefficient (Wildman–Crippen LogP) is 3.81. The topological polar surface area (TPSA) is 62.8 Å². The van der Waals surface area contributed by atoms with Gasteiger partial charge in [-0.05, 0) is 42.4 Å². The minimum Gasteiger partial charge on any atom is -0.405 e. The molecule has 0 unspecified atom stereocenters. The van der Waals surface area contributed by atoms with Crippen molar-refractivity contribution in [1.82, 2.24) is 0 Å². The summed E-state index contributed by atoms with van der Waals surface area (Å²) >= 11 is 0. The smallest absolute Gasteiger partial charge is 0.0874 e. The van der Waals surface area contributed by atoms with E-state index in [1.807, 2.05) is 60.7 Å². The molecule has 0 aliphatic rings. The molecule has 2 aromatic carbocycles. The lowest BCUT2D eigenvalue weighted by atomic mass is 10.1. The zero-order valence-electron chi connectivity index (χ0n) is 10.5. The quantitative estimate of drug-likeness (QED) is 0.627. The van der Waals surface area contributed by atoms with E-state index < -0.39 is 0 Å². The van der Waals surface area contributed by atoms with Gasteiger partial charge in [-0.1, -0.05) is 41.6 Å². The average Bonchev–Trinajstić information content (AvgIpc) is 2.47. The summed E-state index contributed by atoms with van der Waals surface area (Å²) in [5.74, 6) is 0. The molecular weight excluding hydrogens is 236 g/mol. The summed E-state index contributed by atoms with van der Waals surface area (Å²) in [5, 5.41) is 8.00. The highest BCUT2D eigenvalue weighted by molar-refractivity contribution is 5.44. The summed E-state index contributed by atoms with van der Waals surface area (Å²) in [4.78, 5) is 0. The van der Waals surface area contributed by atoms with E-state index in [1.165, 1.54) is 5.56 Å². The molecule has 4 heteroatoms. The number of hydrogen-bond acceptors (Lipinski definition) is 3. The third-order valence-corrected chi connectivity index (χ3v) is 2.54. The van der Waals surface area contributed by atoms with Gasteiger partial charge in [-0.15, -0.1) is 5.11 Å². The third kappa shape index (κ3) is 4.27. The van der Waals surface area contributed by atoms with Gasteiger partial charge in [-0.25, -0.2) is 0 Å². The van der Waals surface area contributed by atoms with Crippen molar-refractivity contribution in [3.05, 3.63) is 72.4 Å². The number of hydrogen-bond donors (Lipinski definition) is 2. The maximum absolute atomic E-state index is 5.31. The molecule has 19 heavy (non-hydrogen) atoms. The Morgan fingerprint density at radius 3 is 2.42 bits per heavy atom. The van der Waals surface area contributed by atoms with Crippen molar-refractivity contribution in [2.24, 2.45) is 16.1 Å². The largest absolute Gasteiger partial charge is 0.405 e. The molecule has 0 aromatic heterocycles. The minimum absolute atomic E-state index is 0.819. The van der Waals surface area contributed by atoms with Gasteiger partial charge >= 0.3 is 0 Å². The Bertz CT molecular complexity index is 544. The van der Waals surface area contributed by atoms with Gasteiger partial charge in [-0.3, -0.25) is 5.43 Å². The maximum Gasteiger partial charge on any atom is 0.0874 e. The Kier molecular flexibility index (Phi) is 4.70. The number of nitrogens with zero attached hydrogens (tertiary/aromatic N) is 2. The van der Waals surface area contributed by atoms with Crippen LogP contribution in [0.5, 0.6) is 0 Å². The molecule has 0 aliphatic heterocycles. The predicted molar refractivity (Wildman–Crippen MR) is 78.1 cm³/mol. The van der Waals surface area contributed by atoms with Crippen LogP contribution in [0.2, 0.25) is 0 Å². The molecule has 3 N–H and O–H groups in total. The zero-order valence-corrected chi connectivity index (χ0v) is 10.5. The van der Waals surface area contributed by atoms with Gasteiger partial charge in [-0.2, -0.15) is 0 Å². The summed E-state index contributed by atoms with van der Waals surface area (Å²) in [5.41, 5.74) is 11.1. The second kappa shape index (κ2) is 6.96. The van der Waals surface area contributed by atoms with Crippen molar-refractivity contribution in [2.45, 2.75) is 6.42 Å². The zero-order chi connectivity index (χ0) is 13.3. The first-order valence-electron chi connectivity index (χ1n) is 6.06. The second-order valence-corrected chi connectivity index (χ2v) is 3.98. The van der Waals surface area contributed by atoms with Crippen LogP contribution in [0.3, 0.4) is 0 Å². The number of nitrogens with two attached hydrogens (primary N) is 1. The molecule has 0 heterocycles. The number of nitrogens with one attached hydrogen (secondary N) is 1. The van der Waals surface area contributed by atoms with Crippen molar-refractivity contribution in [2.75, 3.05) is 5.43 Å². The van der Waals surface area contributed by atoms with Gasteiger partial charge in [0.15, 0.2) is 0 Å². The molecule has 0 fully saturated rings. The standard InChI is InChI=1S/C15H16N4/c16-12-4-5-13-8-10-15(11-9-13)18-19-17-14-6-2-1-3-7-14/h1-4,6-12H,5,16H2,(H,17,18)/b12-4+. The third-order valence-electron chi connectivity index (χ3n) is 2.54. The number of benzene rings is 2. The van der Waals surface area contributed by atoms with Gasteiger partial charge in [0.25, 0.3) is 0 Å².